The van der Waals surface area contributed by atoms with Crippen LogP contribution in [0.1, 0.15) is 58.4 Å². The summed E-state index contributed by atoms with van der Waals surface area (Å²) in [7, 11) is 3.24. The molecule has 2 aliphatic heterocycles. The van der Waals surface area contributed by atoms with Crippen molar-refractivity contribution in [3.63, 3.8) is 0 Å². The minimum Gasteiger partial charge on any atom is -0.493 e. The molecule has 0 aromatic heterocycles. The molecular weight excluding hydrogens is 420 g/mol. The molecule has 33 heavy (non-hydrogen) atoms. The van der Waals surface area contributed by atoms with Crippen molar-refractivity contribution in [3.05, 3.63) is 59.2 Å². The smallest absolute Gasteiger partial charge is 0.261 e. The van der Waals surface area contributed by atoms with Crippen molar-refractivity contribution in [3.8, 4) is 11.5 Å². The summed E-state index contributed by atoms with van der Waals surface area (Å²) in [5.74, 6) is 0.777. The van der Waals surface area contributed by atoms with E-state index in [2.05, 4.69) is 0 Å². The second-order valence-corrected chi connectivity index (χ2v) is 8.52. The maximum Gasteiger partial charge on any atom is 0.261 e. The van der Waals surface area contributed by atoms with E-state index in [1.807, 2.05) is 23.1 Å². The molecule has 1 saturated heterocycles. The van der Waals surface area contributed by atoms with Crippen molar-refractivity contribution >= 4 is 17.7 Å². The van der Waals surface area contributed by atoms with E-state index in [0.717, 1.165) is 44.2 Å². The summed E-state index contributed by atoms with van der Waals surface area (Å²) in [6.45, 7) is 0.835. The third-order valence-electron chi connectivity index (χ3n) is 6.59. The first kappa shape index (κ1) is 22.8. The van der Waals surface area contributed by atoms with Crippen LogP contribution in [-0.2, 0) is 11.2 Å². The molecule has 0 radical (unpaired) electrons. The third kappa shape index (κ3) is 4.72. The largest absolute Gasteiger partial charge is 0.493 e. The fourth-order valence-electron chi connectivity index (χ4n) is 4.79. The predicted octanol–water partition coefficient (Wildman–Crippen LogP) is 3.70. The summed E-state index contributed by atoms with van der Waals surface area (Å²) in [5, 5.41) is 0. The zero-order chi connectivity index (χ0) is 23.4. The Morgan fingerprint density at radius 1 is 0.970 bits per heavy atom. The number of ether oxygens (including phenoxy) is 2. The molecule has 2 aromatic rings. The Morgan fingerprint density at radius 3 is 2.33 bits per heavy atom. The van der Waals surface area contributed by atoms with Crippen molar-refractivity contribution in [2.24, 2.45) is 0 Å². The molecule has 174 valence electrons. The second kappa shape index (κ2) is 10.1. The average molecular weight is 451 g/mol. The van der Waals surface area contributed by atoms with Crippen molar-refractivity contribution < 1.29 is 23.9 Å². The fourth-order valence-corrected chi connectivity index (χ4v) is 4.79. The van der Waals surface area contributed by atoms with Gasteiger partial charge in [0, 0.05) is 25.6 Å². The molecule has 4 rings (SSSR count). The van der Waals surface area contributed by atoms with Crippen LogP contribution in [0.5, 0.6) is 11.5 Å². The molecule has 7 nitrogen and oxygen atoms in total. The lowest BCUT2D eigenvalue weighted by Gasteiger charge is -2.36. The second-order valence-electron chi connectivity index (χ2n) is 8.52. The van der Waals surface area contributed by atoms with Crippen LogP contribution in [0.4, 0.5) is 0 Å². The minimum absolute atomic E-state index is 0.00330. The molecule has 7 heteroatoms. The zero-order valence-corrected chi connectivity index (χ0v) is 19.2. The topological polar surface area (TPSA) is 76.2 Å². The Kier molecular flexibility index (Phi) is 6.96. The van der Waals surface area contributed by atoms with Gasteiger partial charge in [0.15, 0.2) is 11.5 Å². The van der Waals surface area contributed by atoms with Crippen LogP contribution in [0.25, 0.3) is 0 Å². The Hall–Kier alpha value is -3.35. The lowest BCUT2D eigenvalue weighted by Crippen LogP contribution is -2.45. The van der Waals surface area contributed by atoms with Crippen LogP contribution in [0.15, 0.2) is 42.5 Å². The molecular formula is C26H30N2O5. The van der Waals surface area contributed by atoms with Gasteiger partial charge >= 0.3 is 0 Å². The number of benzene rings is 2. The van der Waals surface area contributed by atoms with Gasteiger partial charge in [0.1, 0.15) is 0 Å². The van der Waals surface area contributed by atoms with Crippen LogP contribution < -0.4 is 9.47 Å². The van der Waals surface area contributed by atoms with Crippen molar-refractivity contribution in [2.75, 3.05) is 27.3 Å². The number of amides is 3. The van der Waals surface area contributed by atoms with Gasteiger partial charge in [-0.3, -0.25) is 19.3 Å². The summed E-state index contributed by atoms with van der Waals surface area (Å²) < 4.78 is 10.7. The summed E-state index contributed by atoms with van der Waals surface area (Å²) >= 11 is 0. The molecule has 0 bridgehead atoms. The monoisotopic (exact) mass is 450 g/mol. The zero-order valence-electron chi connectivity index (χ0n) is 19.2. The van der Waals surface area contributed by atoms with Gasteiger partial charge < -0.3 is 14.4 Å². The van der Waals surface area contributed by atoms with E-state index in [1.165, 1.54) is 4.90 Å². The minimum atomic E-state index is -0.313. The van der Waals surface area contributed by atoms with E-state index in [9.17, 15) is 14.4 Å². The van der Waals surface area contributed by atoms with Crippen LogP contribution in [0, 0.1) is 0 Å². The molecule has 3 amide bonds. The number of rotatable bonds is 8. The Bertz CT molecular complexity index is 1020. The number of hydrogen-bond acceptors (Lipinski definition) is 5. The first-order valence-corrected chi connectivity index (χ1v) is 11.5. The maximum atomic E-state index is 13.1. The summed E-state index contributed by atoms with van der Waals surface area (Å²) in [4.78, 5) is 41.4. The molecule has 0 saturated carbocycles. The van der Waals surface area contributed by atoms with Crippen LogP contribution in [-0.4, -0.2) is 60.9 Å². The highest BCUT2D eigenvalue weighted by Crippen LogP contribution is 2.29. The molecule has 1 fully saturated rings. The highest BCUT2D eigenvalue weighted by atomic mass is 16.5. The SMILES string of the molecule is COc1ccc(CCC2CCCCN2C(=O)CCN2C(=O)c3ccccc3C2=O)cc1OC. The molecule has 2 aliphatic rings. The van der Waals surface area contributed by atoms with Gasteiger partial charge in [-0.05, 0) is 61.9 Å². The summed E-state index contributed by atoms with van der Waals surface area (Å²) in [6, 6.07) is 12.9. The number of fused-ring (bicyclic) bond motifs is 1. The van der Waals surface area contributed by atoms with E-state index in [0.29, 0.717) is 22.6 Å². The van der Waals surface area contributed by atoms with E-state index in [4.69, 9.17) is 9.47 Å². The van der Waals surface area contributed by atoms with Crippen LogP contribution in [0.2, 0.25) is 0 Å². The van der Waals surface area contributed by atoms with Gasteiger partial charge in [-0.2, -0.15) is 0 Å². The number of hydrogen-bond donors (Lipinski definition) is 0. The summed E-state index contributed by atoms with van der Waals surface area (Å²) in [5.41, 5.74) is 1.97. The number of piperidine rings is 1. The number of carbonyl (C=O) groups excluding carboxylic acids is 3. The fraction of sp³-hybridized carbons (Fsp3) is 0.423. The first-order valence-electron chi connectivity index (χ1n) is 11.5. The Morgan fingerprint density at radius 2 is 1.67 bits per heavy atom. The predicted molar refractivity (Wildman–Crippen MR) is 124 cm³/mol. The number of nitrogens with zero attached hydrogens (tertiary/aromatic N) is 2. The van der Waals surface area contributed by atoms with Gasteiger partial charge in [-0.15, -0.1) is 0 Å². The highest BCUT2D eigenvalue weighted by Gasteiger charge is 2.36. The third-order valence-corrected chi connectivity index (χ3v) is 6.59. The molecule has 0 spiro atoms. The van der Waals surface area contributed by atoms with Crippen molar-refractivity contribution in [2.45, 2.75) is 44.6 Å². The lowest BCUT2D eigenvalue weighted by atomic mass is 9.95. The Labute approximate surface area is 194 Å². The van der Waals surface area contributed by atoms with Gasteiger partial charge in [0.25, 0.3) is 11.8 Å². The van der Waals surface area contributed by atoms with E-state index >= 15 is 0 Å². The molecule has 1 unspecified atom stereocenters. The summed E-state index contributed by atoms with van der Waals surface area (Å²) in [6.07, 6.45) is 4.87. The quantitative estimate of drug-likeness (QED) is 0.573. The Balaban J connectivity index is 1.36. The van der Waals surface area contributed by atoms with Gasteiger partial charge in [0.05, 0.1) is 25.3 Å². The van der Waals surface area contributed by atoms with Gasteiger partial charge in [-0.25, -0.2) is 0 Å². The van der Waals surface area contributed by atoms with Crippen molar-refractivity contribution in [1.29, 1.82) is 0 Å². The van der Waals surface area contributed by atoms with Crippen molar-refractivity contribution in [1.82, 2.24) is 9.80 Å². The molecule has 2 aromatic carbocycles. The van der Waals surface area contributed by atoms with Gasteiger partial charge in [0.2, 0.25) is 5.91 Å². The van der Waals surface area contributed by atoms with E-state index in [-0.39, 0.29) is 36.7 Å². The lowest BCUT2D eigenvalue weighted by molar-refractivity contribution is -0.135. The number of likely N-dealkylation sites (tertiary alicyclic amines) is 1. The molecule has 0 aliphatic carbocycles. The van der Waals surface area contributed by atoms with Crippen LogP contribution >= 0.6 is 0 Å². The standard InChI is InChI=1S/C26H30N2O5/c1-32-22-13-11-18(17-23(22)33-2)10-12-19-7-5-6-15-27(19)24(29)14-16-28-25(30)20-8-3-4-9-21(20)26(28)31/h3-4,8-9,11,13,17,19H,5-7,10,12,14-16H2,1-2H3. The first-order chi connectivity index (χ1) is 16.0. The van der Waals surface area contributed by atoms with Gasteiger partial charge in [-0.1, -0.05) is 18.2 Å². The molecule has 1 atom stereocenters. The average Bonchev–Trinajstić information content (AvgIpc) is 3.10. The maximum absolute atomic E-state index is 13.1. The number of carbonyl (C=O) groups is 3. The molecule has 2 heterocycles. The normalized spacial score (nSPS) is 17.8. The van der Waals surface area contributed by atoms with E-state index < -0.39 is 0 Å². The van der Waals surface area contributed by atoms with Crippen LogP contribution in [0.3, 0.4) is 0 Å². The number of aryl methyl sites for hydroxylation is 1. The highest BCUT2D eigenvalue weighted by molar-refractivity contribution is 6.21. The number of imide groups is 1. The molecule has 0 N–H and O–H groups in total. The number of methoxy groups -OCH3 is 2. The van der Waals surface area contributed by atoms with E-state index in [1.54, 1.807) is 38.5 Å².